The van der Waals surface area contributed by atoms with Gasteiger partial charge in [-0.2, -0.15) is 0 Å². The fourth-order valence-corrected chi connectivity index (χ4v) is 5.63. The van der Waals surface area contributed by atoms with Crippen molar-refractivity contribution in [3.8, 4) is 11.5 Å². The molecule has 0 fully saturated rings. The lowest BCUT2D eigenvalue weighted by Crippen LogP contribution is -2.30. The zero-order valence-corrected chi connectivity index (χ0v) is 17.8. The fraction of sp³-hybridized carbons (Fsp3) is 0.136. The molecule has 2 aromatic heterocycles. The van der Waals surface area contributed by atoms with Gasteiger partial charge in [0.2, 0.25) is 0 Å². The van der Waals surface area contributed by atoms with E-state index in [0.29, 0.717) is 41.4 Å². The summed E-state index contributed by atoms with van der Waals surface area (Å²) in [5, 5.41) is 2.43. The molecule has 0 saturated carbocycles. The maximum atomic E-state index is 13.7. The second-order valence-electron chi connectivity index (χ2n) is 6.87. The standard InChI is InChI=1S/C22H17NO6S2/c24-22-8-3-15-12-18(5-7-19(15)29-22)31(25,26)23(14-17-2-1-11-30-17)16-4-6-20-21(13-16)28-10-9-27-20/h1-8,11-13H,9-10,14H2. The number of benzene rings is 2. The van der Waals surface area contributed by atoms with Crippen molar-refractivity contribution < 1.29 is 22.3 Å². The minimum absolute atomic E-state index is 0.0975. The first-order chi connectivity index (χ1) is 15.0. The van der Waals surface area contributed by atoms with Gasteiger partial charge < -0.3 is 13.9 Å². The minimum Gasteiger partial charge on any atom is -0.486 e. The summed E-state index contributed by atoms with van der Waals surface area (Å²) in [4.78, 5) is 12.4. The van der Waals surface area contributed by atoms with Crippen molar-refractivity contribution in [1.29, 1.82) is 0 Å². The Morgan fingerprint density at radius 3 is 2.58 bits per heavy atom. The Bertz CT molecular complexity index is 1410. The molecule has 0 unspecified atom stereocenters. The van der Waals surface area contributed by atoms with Crippen molar-refractivity contribution in [2.75, 3.05) is 17.5 Å². The molecule has 0 amide bonds. The van der Waals surface area contributed by atoms with E-state index in [1.165, 1.54) is 39.9 Å². The first kappa shape index (κ1) is 19.7. The van der Waals surface area contributed by atoms with Crippen LogP contribution >= 0.6 is 11.3 Å². The number of sulfonamides is 1. The number of thiophene rings is 1. The van der Waals surface area contributed by atoms with Gasteiger partial charge in [0.1, 0.15) is 18.8 Å². The third-order valence-electron chi connectivity index (χ3n) is 4.87. The molecule has 2 aromatic carbocycles. The average molecular weight is 456 g/mol. The van der Waals surface area contributed by atoms with Gasteiger partial charge in [-0.1, -0.05) is 6.07 Å². The molecule has 0 N–H and O–H groups in total. The minimum atomic E-state index is -3.93. The number of rotatable bonds is 5. The van der Waals surface area contributed by atoms with Crippen molar-refractivity contribution in [2.45, 2.75) is 11.4 Å². The van der Waals surface area contributed by atoms with E-state index < -0.39 is 15.6 Å². The molecule has 0 saturated heterocycles. The summed E-state index contributed by atoms with van der Waals surface area (Å²) in [6.07, 6.45) is 0. The predicted molar refractivity (Wildman–Crippen MR) is 118 cm³/mol. The second-order valence-corrected chi connectivity index (χ2v) is 9.77. The molecule has 0 radical (unpaired) electrons. The largest absolute Gasteiger partial charge is 0.486 e. The van der Waals surface area contributed by atoms with Crippen LogP contribution in [-0.2, 0) is 16.6 Å². The van der Waals surface area contributed by atoms with Gasteiger partial charge in [0.25, 0.3) is 10.0 Å². The first-order valence-corrected chi connectivity index (χ1v) is 11.8. The summed E-state index contributed by atoms with van der Waals surface area (Å²) in [5.41, 5.74) is 0.312. The SMILES string of the molecule is O=c1ccc2cc(S(=O)(=O)N(Cc3cccs3)c3ccc4c(c3)OCCO4)ccc2o1. The molecule has 31 heavy (non-hydrogen) atoms. The first-order valence-electron chi connectivity index (χ1n) is 9.49. The van der Waals surface area contributed by atoms with E-state index >= 15 is 0 Å². The normalized spacial score (nSPS) is 13.3. The molecule has 1 aliphatic rings. The highest BCUT2D eigenvalue weighted by Gasteiger charge is 2.27. The molecule has 3 heterocycles. The van der Waals surface area contributed by atoms with Gasteiger partial charge in [-0.15, -0.1) is 11.3 Å². The lowest BCUT2D eigenvalue weighted by atomic mass is 10.2. The van der Waals surface area contributed by atoms with E-state index in [0.717, 1.165) is 4.88 Å². The van der Waals surface area contributed by atoms with E-state index in [4.69, 9.17) is 13.9 Å². The van der Waals surface area contributed by atoms with E-state index in [9.17, 15) is 13.2 Å². The summed E-state index contributed by atoms with van der Waals surface area (Å²) in [6, 6.07) is 16.1. The molecule has 0 aliphatic carbocycles. The number of fused-ring (bicyclic) bond motifs is 2. The van der Waals surface area contributed by atoms with Gasteiger partial charge in [-0.25, -0.2) is 13.2 Å². The Morgan fingerprint density at radius 1 is 0.935 bits per heavy atom. The van der Waals surface area contributed by atoms with Gasteiger partial charge in [-0.3, -0.25) is 4.31 Å². The zero-order valence-electron chi connectivity index (χ0n) is 16.2. The molecule has 0 atom stereocenters. The second kappa shape index (κ2) is 7.75. The summed E-state index contributed by atoms with van der Waals surface area (Å²) in [6.45, 7) is 1.03. The lowest BCUT2D eigenvalue weighted by Gasteiger charge is -2.26. The van der Waals surface area contributed by atoms with Crippen LogP contribution in [0.5, 0.6) is 11.5 Å². The van der Waals surface area contributed by atoms with Crippen molar-refractivity contribution in [3.05, 3.63) is 81.3 Å². The third kappa shape index (κ3) is 3.77. The van der Waals surface area contributed by atoms with Crippen molar-refractivity contribution >= 4 is 38.0 Å². The highest BCUT2D eigenvalue weighted by atomic mass is 32.2. The monoisotopic (exact) mass is 455 g/mol. The summed E-state index contributed by atoms with van der Waals surface area (Å²) >= 11 is 1.48. The fourth-order valence-electron chi connectivity index (χ4n) is 3.38. The molecule has 7 nitrogen and oxygen atoms in total. The third-order valence-corrected chi connectivity index (χ3v) is 7.50. The summed E-state index contributed by atoms with van der Waals surface area (Å²) in [5.74, 6) is 1.10. The van der Waals surface area contributed by atoms with Crippen LogP contribution in [0.1, 0.15) is 4.88 Å². The maximum absolute atomic E-state index is 13.7. The Morgan fingerprint density at radius 2 is 1.77 bits per heavy atom. The number of anilines is 1. The quantitative estimate of drug-likeness (QED) is 0.423. The smallest absolute Gasteiger partial charge is 0.336 e. The van der Waals surface area contributed by atoms with Crippen LogP contribution in [0, 0.1) is 0 Å². The topological polar surface area (TPSA) is 86.1 Å². The maximum Gasteiger partial charge on any atom is 0.336 e. The van der Waals surface area contributed by atoms with Crippen molar-refractivity contribution in [3.63, 3.8) is 0 Å². The number of hydrogen-bond acceptors (Lipinski definition) is 7. The molecular formula is C22H17NO6S2. The van der Waals surface area contributed by atoms with Crippen molar-refractivity contribution in [1.82, 2.24) is 0 Å². The summed E-state index contributed by atoms with van der Waals surface area (Å²) in [7, 11) is -3.93. The Hall–Kier alpha value is -3.30. The Kier molecular flexibility index (Phi) is 4.91. The van der Waals surface area contributed by atoms with Crippen LogP contribution in [0.4, 0.5) is 5.69 Å². The van der Waals surface area contributed by atoms with E-state index in [2.05, 4.69) is 0 Å². The lowest BCUT2D eigenvalue weighted by molar-refractivity contribution is 0.171. The van der Waals surface area contributed by atoms with Gasteiger partial charge in [0.15, 0.2) is 11.5 Å². The van der Waals surface area contributed by atoms with E-state index in [1.54, 1.807) is 24.3 Å². The van der Waals surface area contributed by atoms with Crippen LogP contribution in [-0.4, -0.2) is 21.6 Å². The molecule has 0 spiro atoms. The molecule has 9 heteroatoms. The van der Waals surface area contributed by atoms with E-state index in [-0.39, 0.29) is 11.4 Å². The van der Waals surface area contributed by atoms with Crippen LogP contribution in [0.15, 0.2) is 80.2 Å². The van der Waals surface area contributed by atoms with Gasteiger partial charge in [-0.05, 0) is 47.8 Å². The zero-order chi connectivity index (χ0) is 21.4. The summed E-state index contributed by atoms with van der Waals surface area (Å²) < 4.78 is 45.1. The predicted octanol–water partition coefficient (Wildman–Crippen LogP) is 4.02. The Labute approximate surface area is 182 Å². The average Bonchev–Trinajstić information content (AvgIpc) is 3.30. The number of ether oxygens (including phenoxy) is 2. The van der Waals surface area contributed by atoms with Crippen LogP contribution < -0.4 is 19.4 Å². The van der Waals surface area contributed by atoms with Crippen LogP contribution in [0.2, 0.25) is 0 Å². The molecule has 0 bridgehead atoms. The number of nitrogens with zero attached hydrogens (tertiary/aromatic N) is 1. The van der Waals surface area contributed by atoms with Crippen LogP contribution in [0.3, 0.4) is 0 Å². The van der Waals surface area contributed by atoms with Gasteiger partial charge in [0.05, 0.1) is 17.1 Å². The molecule has 1 aliphatic heterocycles. The van der Waals surface area contributed by atoms with Crippen LogP contribution in [0.25, 0.3) is 11.0 Å². The van der Waals surface area contributed by atoms with Gasteiger partial charge >= 0.3 is 5.63 Å². The molecule has 5 rings (SSSR count). The van der Waals surface area contributed by atoms with Gasteiger partial charge in [0, 0.05) is 22.4 Å². The highest BCUT2D eigenvalue weighted by Crippen LogP contribution is 2.37. The molecular weight excluding hydrogens is 438 g/mol. The highest BCUT2D eigenvalue weighted by molar-refractivity contribution is 7.92. The van der Waals surface area contributed by atoms with Crippen molar-refractivity contribution in [2.24, 2.45) is 0 Å². The molecule has 4 aromatic rings. The van der Waals surface area contributed by atoms with E-state index in [1.807, 2.05) is 17.5 Å². The number of hydrogen-bond donors (Lipinski definition) is 0. The Balaban J connectivity index is 1.61. The molecule has 158 valence electrons.